The van der Waals surface area contributed by atoms with Crippen molar-refractivity contribution in [2.45, 2.75) is 143 Å². The maximum Gasteiger partial charge on any atom is 0.187 e. The highest BCUT2D eigenvalue weighted by molar-refractivity contribution is 4.97. The minimum Gasteiger partial charge on any atom is -0.429 e. The Kier molecular flexibility index (Phi) is 10.8. The summed E-state index contributed by atoms with van der Waals surface area (Å²) in [5.74, 6) is -0.000405. The van der Waals surface area contributed by atoms with Crippen molar-refractivity contribution < 1.29 is 74.7 Å². The molecule has 5 fully saturated rings. The van der Waals surface area contributed by atoms with Crippen molar-refractivity contribution in [3.8, 4) is 0 Å². The van der Waals surface area contributed by atoms with E-state index in [4.69, 9.17) is 23.7 Å². The van der Waals surface area contributed by atoms with Crippen LogP contribution in [-0.4, -0.2) is 167 Å². The Morgan fingerprint density at radius 3 is 1.93 bits per heavy atom. The normalized spacial score (nSPS) is 53.9. The van der Waals surface area contributed by atoms with E-state index in [1.807, 2.05) is 0 Å². The number of aliphatic hydroxyl groups excluding tert-OH is 10. The lowest BCUT2D eigenvalue weighted by Crippen LogP contribution is -2.65. The van der Waals surface area contributed by atoms with Gasteiger partial charge >= 0.3 is 0 Å². The topological polar surface area (TPSA) is 252 Å². The summed E-state index contributed by atoms with van der Waals surface area (Å²) in [5, 5.41) is 102. The van der Waals surface area contributed by atoms with Crippen molar-refractivity contribution in [3.05, 3.63) is 0 Å². The van der Waals surface area contributed by atoms with Crippen molar-refractivity contribution >= 4 is 0 Å². The van der Waals surface area contributed by atoms with Crippen molar-refractivity contribution in [1.29, 1.82) is 0 Å². The van der Waals surface area contributed by atoms with E-state index in [1.54, 1.807) is 0 Å². The standard InChI is InChI=1S/C27H46O15/c28-8-18-20(33)22(35)24(37)26(40-18)42-25-23(36)21(34)19(9-29)41-27(25)39-17-7-11(30)6-16-12(17)2-4-15(38-16)10-1-3-13(31)14(32)5-10/h10-37H,1-9H2/p+1/t10?,11?,12?,13?,14?,15?,16?,17?,18-,19-,20-,21-,22-,23+,24-,25-,26-,27-/m1/s1. The molecule has 0 amide bonds. The first-order valence-electron chi connectivity index (χ1n) is 15.0. The zero-order valence-corrected chi connectivity index (χ0v) is 23.3. The first-order valence-corrected chi connectivity index (χ1v) is 15.0. The third-order valence-corrected chi connectivity index (χ3v) is 9.81. The predicted octanol–water partition coefficient (Wildman–Crippen LogP) is -4.65. The van der Waals surface area contributed by atoms with Gasteiger partial charge in [-0.2, -0.15) is 0 Å². The molecule has 5 aliphatic rings. The molecule has 0 aromatic rings. The molecule has 0 radical (unpaired) electrons. The average Bonchev–Trinajstić information content (AvgIpc) is 2.97. The fraction of sp³-hybridized carbons (Fsp3) is 1.00. The molecule has 5 rings (SSSR count). The summed E-state index contributed by atoms with van der Waals surface area (Å²) in [4.78, 5) is 0. The van der Waals surface area contributed by atoms with E-state index in [9.17, 15) is 51.1 Å². The van der Waals surface area contributed by atoms with Crippen LogP contribution >= 0.6 is 0 Å². The van der Waals surface area contributed by atoms with Crippen molar-refractivity contribution in [2.24, 2.45) is 11.8 Å². The number of ether oxygens (including phenoxy) is 5. The van der Waals surface area contributed by atoms with Crippen LogP contribution in [0.25, 0.3) is 0 Å². The van der Waals surface area contributed by atoms with E-state index in [0.717, 1.165) is 12.8 Å². The first kappa shape index (κ1) is 32.8. The van der Waals surface area contributed by atoms with E-state index in [1.165, 1.54) is 0 Å². The van der Waals surface area contributed by atoms with Gasteiger partial charge in [0, 0.05) is 25.2 Å². The molecule has 2 aliphatic carbocycles. The maximum atomic E-state index is 10.9. The van der Waals surface area contributed by atoms with Crippen molar-refractivity contribution in [1.82, 2.24) is 0 Å². The van der Waals surface area contributed by atoms with Gasteiger partial charge in [-0.15, -0.1) is 0 Å². The zero-order chi connectivity index (χ0) is 30.3. The van der Waals surface area contributed by atoms with Crippen molar-refractivity contribution in [3.63, 3.8) is 0 Å². The largest absolute Gasteiger partial charge is 0.429 e. The third-order valence-electron chi connectivity index (χ3n) is 9.81. The lowest BCUT2D eigenvalue weighted by molar-refractivity contribution is -0.378. The highest BCUT2D eigenvalue weighted by Gasteiger charge is 2.54. The van der Waals surface area contributed by atoms with Crippen LogP contribution in [0.15, 0.2) is 0 Å². The molecule has 15 heteroatoms. The molecule has 0 bridgehead atoms. The van der Waals surface area contributed by atoms with Crippen molar-refractivity contribution in [2.75, 3.05) is 13.2 Å². The number of hydrogen-bond acceptors (Lipinski definition) is 14. The van der Waals surface area contributed by atoms with Gasteiger partial charge in [-0.3, -0.25) is 0 Å². The van der Waals surface area contributed by atoms with Gasteiger partial charge in [0.05, 0.1) is 43.5 Å². The van der Waals surface area contributed by atoms with Crippen LogP contribution in [0.4, 0.5) is 0 Å². The van der Waals surface area contributed by atoms with Gasteiger partial charge in [0.2, 0.25) is 0 Å². The lowest BCUT2D eigenvalue weighted by atomic mass is 9.73. The smallest absolute Gasteiger partial charge is 0.187 e. The minimum atomic E-state index is -1.78. The molecule has 11 N–H and O–H groups in total. The Bertz CT molecular complexity index is 865. The summed E-state index contributed by atoms with van der Waals surface area (Å²) in [7, 11) is 0. The van der Waals surface area contributed by atoms with Crippen LogP contribution < -0.4 is 0 Å². The minimum absolute atomic E-state index is 0.0247. The molecule has 0 aromatic carbocycles. The molecule has 8 unspecified atom stereocenters. The summed E-state index contributed by atoms with van der Waals surface area (Å²) in [6.07, 6.45) is -14.9. The molecular weight excluding hydrogens is 564 g/mol. The summed E-state index contributed by atoms with van der Waals surface area (Å²) in [5.41, 5.74) is 0. The molecule has 0 spiro atoms. The van der Waals surface area contributed by atoms with Crippen LogP contribution in [0.2, 0.25) is 0 Å². The van der Waals surface area contributed by atoms with Crippen LogP contribution in [-0.2, 0) is 18.9 Å². The molecule has 244 valence electrons. The molecule has 18 atom stereocenters. The van der Waals surface area contributed by atoms with Gasteiger partial charge in [0.25, 0.3) is 0 Å². The number of hydrogen-bond donors (Lipinski definition) is 10. The Labute approximate surface area is 243 Å². The van der Waals surface area contributed by atoms with Crippen LogP contribution in [0.5, 0.6) is 0 Å². The van der Waals surface area contributed by atoms with Gasteiger partial charge in [0.15, 0.2) is 24.8 Å². The molecule has 3 heterocycles. The van der Waals surface area contributed by atoms with Gasteiger partial charge in [-0.25, -0.2) is 0 Å². The van der Waals surface area contributed by atoms with Gasteiger partial charge in [-0.05, 0) is 25.7 Å². The second-order valence-electron chi connectivity index (χ2n) is 12.5. The molecule has 0 aromatic heterocycles. The first-order chi connectivity index (χ1) is 20.0. The van der Waals surface area contributed by atoms with E-state index >= 15 is 0 Å². The van der Waals surface area contributed by atoms with E-state index in [0.29, 0.717) is 25.7 Å². The molecule has 15 nitrogen and oxygen atoms in total. The highest BCUT2D eigenvalue weighted by Crippen LogP contribution is 2.42. The second-order valence-corrected chi connectivity index (χ2v) is 12.5. The molecule has 42 heavy (non-hydrogen) atoms. The fourth-order valence-corrected chi connectivity index (χ4v) is 7.32. The van der Waals surface area contributed by atoms with Crippen LogP contribution in [0.1, 0.15) is 44.9 Å². The van der Waals surface area contributed by atoms with Gasteiger partial charge in [-0.1, -0.05) is 0 Å². The second kappa shape index (κ2) is 13.8. The van der Waals surface area contributed by atoms with Crippen LogP contribution in [0, 0.1) is 11.8 Å². The molecular formula is C27H47O15+. The Balaban J connectivity index is 1.30. The Hall–Kier alpha value is -0.600. The average molecular weight is 612 g/mol. The molecule has 3 saturated heterocycles. The summed E-state index contributed by atoms with van der Waals surface area (Å²) >= 11 is 0. The fourth-order valence-electron chi connectivity index (χ4n) is 7.32. The number of fused-ring (bicyclic) bond motifs is 1. The number of rotatable bonds is 7. The predicted molar refractivity (Wildman–Crippen MR) is 138 cm³/mol. The third kappa shape index (κ3) is 6.66. The monoisotopic (exact) mass is 611 g/mol. The molecule has 3 aliphatic heterocycles. The lowest BCUT2D eigenvalue weighted by Gasteiger charge is -2.49. The Morgan fingerprint density at radius 2 is 1.26 bits per heavy atom. The van der Waals surface area contributed by atoms with Crippen LogP contribution in [0.3, 0.4) is 0 Å². The summed E-state index contributed by atoms with van der Waals surface area (Å²) in [6.45, 7) is -1.35. The van der Waals surface area contributed by atoms with Gasteiger partial charge < -0.3 is 74.7 Å². The summed E-state index contributed by atoms with van der Waals surface area (Å²) < 4.78 is 28.3. The molecule has 2 saturated carbocycles. The SMILES string of the molecule is OC[C@H]1O[C@H](O[C@H]2[C@H](OC3CC(O)CC4[OH+]C(C5CCC(O)C(O)C5)CCC34)O[C@H](CO)[C@@H](O)[C@@H]2O)[C@H](O)[C@H](O)[C@@H]1O. The van der Waals surface area contributed by atoms with E-state index in [2.05, 4.69) is 0 Å². The number of aliphatic hydroxyl groups is 12. The van der Waals surface area contributed by atoms with Gasteiger partial charge in [0.1, 0.15) is 48.8 Å². The van der Waals surface area contributed by atoms with E-state index in [-0.39, 0.29) is 30.5 Å². The zero-order valence-electron chi connectivity index (χ0n) is 23.3. The highest BCUT2D eigenvalue weighted by atomic mass is 16.8. The quantitative estimate of drug-likeness (QED) is 0.122. The van der Waals surface area contributed by atoms with E-state index < -0.39 is 99.0 Å². The Morgan fingerprint density at radius 1 is 0.595 bits per heavy atom. The summed E-state index contributed by atoms with van der Waals surface area (Å²) in [6, 6.07) is 0. The maximum absolute atomic E-state index is 10.9.